The summed E-state index contributed by atoms with van der Waals surface area (Å²) in [6.45, 7) is 2.15. The summed E-state index contributed by atoms with van der Waals surface area (Å²) in [7, 11) is 0. The summed E-state index contributed by atoms with van der Waals surface area (Å²) >= 11 is 0. The predicted molar refractivity (Wildman–Crippen MR) is 127 cm³/mol. The van der Waals surface area contributed by atoms with Gasteiger partial charge in [0.2, 0.25) is 0 Å². The molecule has 0 radical (unpaired) electrons. The number of halogens is 2. The highest BCUT2D eigenvalue weighted by Gasteiger charge is 2.23. The van der Waals surface area contributed by atoms with Crippen LogP contribution in [-0.2, 0) is 0 Å². The minimum absolute atomic E-state index is 0.0855. The first kappa shape index (κ1) is 22.5. The zero-order chi connectivity index (χ0) is 21.6. The van der Waals surface area contributed by atoms with E-state index in [1.54, 1.807) is 6.07 Å². The van der Waals surface area contributed by atoms with Gasteiger partial charge in [0.25, 0.3) is 0 Å². The Kier molecular flexibility index (Phi) is 7.80. The van der Waals surface area contributed by atoms with E-state index >= 15 is 0 Å². The van der Waals surface area contributed by atoms with Gasteiger partial charge >= 0.3 is 0 Å². The van der Waals surface area contributed by atoms with Crippen molar-refractivity contribution in [3.63, 3.8) is 0 Å². The van der Waals surface area contributed by atoms with Gasteiger partial charge in [-0.25, -0.2) is 4.39 Å². The average Bonchev–Trinajstić information content (AvgIpc) is 2.80. The van der Waals surface area contributed by atoms with E-state index in [1.807, 2.05) is 6.07 Å². The molecular weight excluding hydrogens is 386 g/mol. The average molecular weight is 425 g/mol. The molecule has 0 unspecified atom stereocenters. The fraction of sp³-hybridized carbons (Fsp3) is 0.586. The van der Waals surface area contributed by atoms with Gasteiger partial charge in [0.05, 0.1) is 6.67 Å². The van der Waals surface area contributed by atoms with Gasteiger partial charge in [-0.3, -0.25) is 4.39 Å². The molecule has 2 heteroatoms. The summed E-state index contributed by atoms with van der Waals surface area (Å²) in [4.78, 5) is 0. The molecule has 0 aliphatic heterocycles. The SMILES string of the molecule is CC1CCC(c2ccc(-c3ccc(C4CCC(CCCCF)CC4)cc3)c(F)c2)CC1. The largest absolute Gasteiger partial charge is 0.251 e. The first-order chi connectivity index (χ1) is 15.1. The molecule has 4 rings (SSSR count). The Bertz CT molecular complexity index is 809. The van der Waals surface area contributed by atoms with Gasteiger partial charge in [0.15, 0.2) is 0 Å². The molecule has 0 saturated heterocycles. The summed E-state index contributed by atoms with van der Waals surface area (Å²) in [6.07, 6.45) is 12.8. The van der Waals surface area contributed by atoms with Crippen LogP contribution in [0.2, 0.25) is 0 Å². The highest BCUT2D eigenvalue weighted by atomic mass is 19.1. The fourth-order valence-electron chi connectivity index (χ4n) is 5.86. The van der Waals surface area contributed by atoms with Crippen LogP contribution in [0, 0.1) is 17.7 Å². The molecule has 0 heterocycles. The van der Waals surface area contributed by atoms with Crippen LogP contribution in [0.1, 0.15) is 101 Å². The van der Waals surface area contributed by atoms with Gasteiger partial charge in [-0.05, 0) is 91.4 Å². The smallest absolute Gasteiger partial charge is 0.131 e. The van der Waals surface area contributed by atoms with Crippen molar-refractivity contribution in [2.45, 2.75) is 89.4 Å². The van der Waals surface area contributed by atoms with E-state index in [1.165, 1.54) is 68.9 Å². The highest BCUT2D eigenvalue weighted by molar-refractivity contribution is 5.65. The number of rotatable bonds is 7. The van der Waals surface area contributed by atoms with Crippen LogP contribution < -0.4 is 0 Å². The van der Waals surface area contributed by atoms with E-state index < -0.39 is 0 Å². The quantitative estimate of drug-likeness (QED) is 0.389. The molecule has 0 N–H and O–H groups in total. The second kappa shape index (κ2) is 10.7. The first-order valence-corrected chi connectivity index (χ1v) is 12.6. The third kappa shape index (κ3) is 5.76. The van der Waals surface area contributed by atoms with Crippen molar-refractivity contribution in [2.75, 3.05) is 6.67 Å². The van der Waals surface area contributed by atoms with Crippen LogP contribution in [0.5, 0.6) is 0 Å². The molecule has 0 aromatic heterocycles. The lowest BCUT2D eigenvalue weighted by molar-refractivity contribution is 0.298. The number of hydrogen-bond acceptors (Lipinski definition) is 0. The maximum absolute atomic E-state index is 15.0. The van der Waals surface area contributed by atoms with Crippen LogP contribution >= 0.6 is 0 Å². The fourth-order valence-corrected chi connectivity index (χ4v) is 5.86. The summed E-state index contributed by atoms with van der Waals surface area (Å²) in [6, 6.07) is 14.5. The number of unbranched alkanes of at least 4 members (excludes halogenated alkanes) is 1. The van der Waals surface area contributed by atoms with Crippen LogP contribution in [0.15, 0.2) is 42.5 Å². The molecule has 2 fully saturated rings. The van der Waals surface area contributed by atoms with Crippen molar-refractivity contribution in [1.82, 2.24) is 0 Å². The highest BCUT2D eigenvalue weighted by Crippen LogP contribution is 2.39. The molecule has 2 aliphatic carbocycles. The van der Waals surface area contributed by atoms with Gasteiger partial charge in [0, 0.05) is 5.56 Å². The molecule has 0 bridgehead atoms. The minimum Gasteiger partial charge on any atom is -0.251 e. The number of hydrogen-bond donors (Lipinski definition) is 0. The Hall–Kier alpha value is -1.70. The van der Waals surface area contributed by atoms with E-state index in [4.69, 9.17) is 0 Å². The maximum atomic E-state index is 15.0. The molecule has 0 amide bonds. The van der Waals surface area contributed by atoms with Gasteiger partial charge in [-0.1, -0.05) is 69.0 Å². The summed E-state index contributed by atoms with van der Waals surface area (Å²) in [5, 5.41) is 0. The lowest BCUT2D eigenvalue weighted by atomic mass is 9.77. The standard InChI is InChI=1S/C29H38F2/c1-21-5-9-25(10-6-21)27-17-18-28(29(31)20-27)26-15-13-24(14-16-26)23-11-7-22(8-12-23)4-2-3-19-30/h13-18,20-23,25H,2-12,19H2,1H3. The summed E-state index contributed by atoms with van der Waals surface area (Å²) in [5.74, 6) is 2.65. The van der Waals surface area contributed by atoms with Gasteiger partial charge in [-0.15, -0.1) is 0 Å². The van der Waals surface area contributed by atoms with E-state index in [2.05, 4.69) is 37.3 Å². The number of benzene rings is 2. The van der Waals surface area contributed by atoms with Crippen molar-refractivity contribution in [3.8, 4) is 11.1 Å². The van der Waals surface area contributed by atoms with Crippen molar-refractivity contribution in [3.05, 3.63) is 59.4 Å². The topological polar surface area (TPSA) is 0 Å². The van der Waals surface area contributed by atoms with Crippen molar-refractivity contribution >= 4 is 0 Å². The zero-order valence-corrected chi connectivity index (χ0v) is 19.1. The zero-order valence-electron chi connectivity index (χ0n) is 19.1. The van der Waals surface area contributed by atoms with Crippen LogP contribution in [-0.4, -0.2) is 6.67 Å². The number of alkyl halides is 1. The Labute approximate surface area is 187 Å². The van der Waals surface area contributed by atoms with Crippen LogP contribution in [0.3, 0.4) is 0 Å². The van der Waals surface area contributed by atoms with E-state index in [9.17, 15) is 8.78 Å². The summed E-state index contributed by atoms with van der Waals surface area (Å²) in [5.41, 5.74) is 4.26. The van der Waals surface area contributed by atoms with Crippen molar-refractivity contribution in [2.24, 2.45) is 11.8 Å². The molecule has 0 spiro atoms. The van der Waals surface area contributed by atoms with Gasteiger partial charge in [-0.2, -0.15) is 0 Å². The lowest BCUT2D eigenvalue weighted by Crippen LogP contribution is -2.13. The first-order valence-electron chi connectivity index (χ1n) is 12.6. The molecule has 0 atom stereocenters. The van der Waals surface area contributed by atoms with E-state index in [0.29, 0.717) is 11.8 Å². The van der Waals surface area contributed by atoms with Crippen molar-refractivity contribution < 1.29 is 8.78 Å². The van der Waals surface area contributed by atoms with Gasteiger partial charge < -0.3 is 0 Å². The van der Waals surface area contributed by atoms with Crippen LogP contribution in [0.4, 0.5) is 8.78 Å². The molecule has 2 saturated carbocycles. The van der Waals surface area contributed by atoms with E-state index in [0.717, 1.165) is 35.8 Å². The third-order valence-corrected chi connectivity index (χ3v) is 8.02. The second-order valence-corrected chi connectivity index (χ2v) is 10.2. The molecule has 0 nitrogen and oxygen atoms in total. The normalized spacial score (nSPS) is 26.7. The van der Waals surface area contributed by atoms with Crippen LogP contribution in [0.25, 0.3) is 11.1 Å². The van der Waals surface area contributed by atoms with Gasteiger partial charge in [0.1, 0.15) is 5.82 Å². The molecule has 2 aromatic carbocycles. The molecule has 2 aromatic rings. The monoisotopic (exact) mass is 424 g/mol. The molecule has 2 aliphatic rings. The predicted octanol–water partition coefficient (Wildman–Crippen LogP) is 9.20. The Morgan fingerprint density at radius 3 is 2.00 bits per heavy atom. The Morgan fingerprint density at radius 1 is 0.742 bits per heavy atom. The third-order valence-electron chi connectivity index (χ3n) is 8.02. The summed E-state index contributed by atoms with van der Waals surface area (Å²) < 4.78 is 27.3. The lowest BCUT2D eigenvalue weighted by Gasteiger charge is -2.29. The van der Waals surface area contributed by atoms with Crippen molar-refractivity contribution in [1.29, 1.82) is 0 Å². The Balaban J connectivity index is 1.36. The van der Waals surface area contributed by atoms with E-state index in [-0.39, 0.29) is 12.5 Å². The molecule has 31 heavy (non-hydrogen) atoms. The molecule has 168 valence electrons. The second-order valence-electron chi connectivity index (χ2n) is 10.2. The maximum Gasteiger partial charge on any atom is 0.131 e. The minimum atomic E-state index is -0.176. The Morgan fingerprint density at radius 2 is 1.35 bits per heavy atom. The molecular formula is C29H38F2.